The molecule has 1 heterocycles. The molecule has 1 aromatic carbocycles. The minimum absolute atomic E-state index is 0.0519. The van der Waals surface area contributed by atoms with Crippen LogP contribution in [0.3, 0.4) is 0 Å². The maximum Gasteiger partial charge on any atom is 0.315 e. The fraction of sp³-hybridized carbons (Fsp3) is 0.562. The van der Waals surface area contributed by atoms with Crippen LogP contribution in [0, 0.1) is 0 Å². The largest absolute Gasteiger partial charge is 0.333 e. The number of hydrogen-bond donors (Lipinski definition) is 3. The van der Waals surface area contributed by atoms with Crippen LogP contribution >= 0.6 is 0 Å². The molecule has 1 aliphatic heterocycles. The van der Waals surface area contributed by atoms with Gasteiger partial charge in [0.15, 0.2) is 0 Å². The second kappa shape index (κ2) is 5.79. The molecule has 2 amide bonds. The molecule has 1 aliphatic carbocycles. The van der Waals surface area contributed by atoms with Gasteiger partial charge in [0, 0.05) is 0 Å². The van der Waals surface area contributed by atoms with Crippen LogP contribution in [-0.2, 0) is 15.6 Å². The molecule has 2 fully saturated rings. The molecule has 3 N–H and O–H groups in total. The Morgan fingerprint density at radius 1 is 1.09 bits per heavy atom. The minimum atomic E-state index is -3.47. The highest BCUT2D eigenvalue weighted by Gasteiger charge is 2.42. The van der Waals surface area contributed by atoms with Crippen LogP contribution in [0.5, 0.6) is 0 Å². The fourth-order valence-electron chi connectivity index (χ4n) is 3.48. The third kappa shape index (κ3) is 3.35. The second-order valence-corrected chi connectivity index (χ2v) is 8.86. The Kier molecular flexibility index (Phi) is 4.10. The smallest absolute Gasteiger partial charge is 0.315 e. The Morgan fingerprint density at radius 3 is 2.43 bits per heavy atom. The first-order chi connectivity index (χ1) is 10.8. The first kappa shape index (κ1) is 16.3. The summed E-state index contributed by atoms with van der Waals surface area (Å²) in [5.74, 6) is 0. The summed E-state index contributed by atoms with van der Waals surface area (Å²) in [5, 5.41) is 5.17. The molecule has 0 spiro atoms. The molecule has 3 unspecified atom stereocenters. The van der Waals surface area contributed by atoms with E-state index in [1.54, 1.807) is 0 Å². The summed E-state index contributed by atoms with van der Waals surface area (Å²) in [5.41, 5.74) is 0.252. The highest BCUT2D eigenvalue weighted by atomic mass is 32.2. The van der Waals surface area contributed by atoms with E-state index in [-0.39, 0.29) is 18.1 Å². The number of carbonyl (C=O) groups is 1. The quantitative estimate of drug-likeness (QED) is 0.777. The molecule has 1 saturated heterocycles. The Bertz CT molecular complexity index is 688. The van der Waals surface area contributed by atoms with Gasteiger partial charge in [-0.25, -0.2) is 17.9 Å². The van der Waals surface area contributed by atoms with E-state index in [1.165, 1.54) is 0 Å². The number of fused-ring (bicyclic) bond motifs is 1. The first-order valence-corrected chi connectivity index (χ1v) is 9.48. The molecular weight excluding hydrogens is 314 g/mol. The van der Waals surface area contributed by atoms with Crippen LogP contribution < -0.4 is 15.4 Å². The molecule has 7 heteroatoms. The first-order valence-electron chi connectivity index (χ1n) is 7.93. The van der Waals surface area contributed by atoms with Crippen molar-refractivity contribution in [3.63, 3.8) is 0 Å². The zero-order chi connectivity index (χ0) is 16.7. The monoisotopic (exact) mass is 337 g/mol. The van der Waals surface area contributed by atoms with Crippen molar-refractivity contribution in [1.82, 2.24) is 15.4 Å². The molecule has 3 atom stereocenters. The van der Waals surface area contributed by atoms with Crippen LogP contribution in [0.2, 0.25) is 0 Å². The molecule has 6 nitrogen and oxygen atoms in total. The fourth-order valence-corrected chi connectivity index (χ4v) is 5.38. The van der Waals surface area contributed by atoms with E-state index in [9.17, 15) is 13.2 Å². The molecule has 1 saturated carbocycles. The average Bonchev–Trinajstić information content (AvgIpc) is 2.86. The third-order valence-electron chi connectivity index (χ3n) is 4.77. The summed E-state index contributed by atoms with van der Waals surface area (Å²) in [7, 11) is -3.47. The Balaban J connectivity index is 1.73. The van der Waals surface area contributed by atoms with Crippen molar-refractivity contribution in [3.05, 3.63) is 35.9 Å². The van der Waals surface area contributed by atoms with Crippen molar-refractivity contribution in [1.29, 1.82) is 0 Å². The number of benzene rings is 1. The minimum Gasteiger partial charge on any atom is -0.333 e. The zero-order valence-electron chi connectivity index (χ0n) is 13.4. The van der Waals surface area contributed by atoms with Crippen molar-refractivity contribution >= 4 is 16.1 Å². The van der Waals surface area contributed by atoms with Crippen molar-refractivity contribution in [2.75, 3.05) is 0 Å². The normalized spacial score (nSPS) is 27.9. The molecule has 0 aromatic heterocycles. The summed E-state index contributed by atoms with van der Waals surface area (Å²) in [6.45, 7) is 3.73. The maximum atomic E-state index is 12.8. The summed E-state index contributed by atoms with van der Waals surface area (Å²) < 4.78 is 28.4. The average molecular weight is 337 g/mol. The molecule has 2 aliphatic rings. The van der Waals surface area contributed by atoms with Gasteiger partial charge in [0.1, 0.15) is 0 Å². The second-order valence-electron chi connectivity index (χ2n) is 6.90. The number of sulfonamides is 1. The maximum absolute atomic E-state index is 12.8. The molecule has 126 valence electrons. The molecular formula is C16H23N3O3S. The van der Waals surface area contributed by atoms with Crippen LogP contribution in [0.1, 0.15) is 38.7 Å². The van der Waals surface area contributed by atoms with E-state index in [0.29, 0.717) is 19.3 Å². The van der Waals surface area contributed by atoms with Crippen molar-refractivity contribution in [2.24, 2.45) is 0 Å². The topological polar surface area (TPSA) is 87.3 Å². The van der Waals surface area contributed by atoms with E-state index in [4.69, 9.17) is 0 Å². The Morgan fingerprint density at radius 2 is 1.74 bits per heavy atom. The van der Waals surface area contributed by atoms with Gasteiger partial charge in [0.2, 0.25) is 10.0 Å². The van der Waals surface area contributed by atoms with E-state index in [2.05, 4.69) is 15.4 Å². The molecule has 0 radical (unpaired) electrons. The number of rotatable bonds is 4. The molecule has 3 rings (SSSR count). The lowest BCUT2D eigenvalue weighted by molar-refractivity contribution is 0.247. The van der Waals surface area contributed by atoms with Crippen molar-refractivity contribution in [2.45, 2.75) is 56.0 Å². The van der Waals surface area contributed by atoms with Gasteiger partial charge in [0.05, 0.1) is 22.9 Å². The zero-order valence-corrected chi connectivity index (χ0v) is 14.2. The van der Waals surface area contributed by atoms with E-state index in [1.807, 2.05) is 44.2 Å². The number of amides is 2. The van der Waals surface area contributed by atoms with Crippen LogP contribution in [-0.4, -0.2) is 31.8 Å². The standard InChI is InChI=1S/C16H23N3O3S/c1-16(2,11-6-4-3-5-7-11)19-23(21,22)12-8-9-13-14(10-12)18-15(20)17-13/h3-7,12-14,19H,8-10H2,1-2H3,(H2,17,18,20). The SMILES string of the molecule is CC(C)(NS(=O)(=O)C1CCC2NC(=O)NC2C1)c1ccccc1. The van der Waals surface area contributed by atoms with Crippen LogP contribution in [0.15, 0.2) is 30.3 Å². The number of urea groups is 1. The summed E-state index contributed by atoms with van der Waals surface area (Å²) in [6.07, 6.45) is 1.69. The summed E-state index contributed by atoms with van der Waals surface area (Å²) in [6, 6.07) is 9.29. The van der Waals surface area contributed by atoms with E-state index >= 15 is 0 Å². The van der Waals surface area contributed by atoms with Crippen LogP contribution in [0.4, 0.5) is 4.79 Å². The molecule has 23 heavy (non-hydrogen) atoms. The van der Waals surface area contributed by atoms with Gasteiger partial charge in [-0.3, -0.25) is 0 Å². The third-order valence-corrected chi connectivity index (χ3v) is 6.87. The predicted octanol–water partition coefficient (Wildman–Crippen LogP) is 1.44. The van der Waals surface area contributed by atoms with Gasteiger partial charge >= 0.3 is 6.03 Å². The highest BCUT2D eigenvalue weighted by Crippen LogP contribution is 2.29. The Hall–Kier alpha value is -1.60. The number of nitrogens with one attached hydrogen (secondary N) is 3. The van der Waals surface area contributed by atoms with Crippen molar-refractivity contribution < 1.29 is 13.2 Å². The summed E-state index contributed by atoms with van der Waals surface area (Å²) >= 11 is 0. The van der Waals surface area contributed by atoms with E-state index in [0.717, 1.165) is 5.56 Å². The number of hydrogen-bond acceptors (Lipinski definition) is 3. The van der Waals surface area contributed by atoms with Gasteiger partial charge in [0.25, 0.3) is 0 Å². The van der Waals surface area contributed by atoms with Gasteiger partial charge < -0.3 is 10.6 Å². The highest BCUT2D eigenvalue weighted by molar-refractivity contribution is 7.90. The Labute approximate surface area is 137 Å². The van der Waals surface area contributed by atoms with Gasteiger partial charge in [-0.1, -0.05) is 30.3 Å². The number of carbonyl (C=O) groups excluding carboxylic acids is 1. The molecule has 0 bridgehead atoms. The van der Waals surface area contributed by atoms with Gasteiger partial charge in [-0.05, 0) is 38.7 Å². The van der Waals surface area contributed by atoms with E-state index < -0.39 is 20.8 Å². The lowest BCUT2D eigenvalue weighted by Crippen LogP contribution is -2.50. The molecule has 1 aromatic rings. The van der Waals surface area contributed by atoms with Gasteiger partial charge in [-0.15, -0.1) is 0 Å². The predicted molar refractivity (Wildman–Crippen MR) is 88.4 cm³/mol. The van der Waals surface area contributed by atoms with Crippen molar-refractivity contribution in [3.8, 4) is 0 Å². The van der Waals surface area contributed by atoms with Gasteiger partial charge in [-0.2, -0.15) is 0 Å². The lowest BCUT2D eigenvalue weighted by Gasteiger charge is -2.34. The van der Waals surface area contributed by atoms with Crippen LogP contribution in [0.25, 0.3) is 0 Å². The summed E-state index contributed by atoms with van der Waals surface area (Å²) in [4.78, 5) is 11.4. The lowest BCUT2D eigenvalue weighted by atomic mass is 9.91.